The third-order valence-electron chi connectivity index (χ3n) is 5.35. The van der Waals surface area contributed by atoms with Crippen molar-refractivity contribution in [2.24, 2.45) is 11.3 Å². The zero-order valence-electron chi connectivity index (χ0n) is 15.3. The first kappa shape index (κ1) is 18.2. The molecule has 128 valence electrons. The van der Waals surface area contributed by atoms with Gasteiger partial charge in [0.15, 0.2) is 0 Å². The minimum atomic E-state index is 0.0374. The van der Waals surface area contributed by atoms with Gasteiger partial charge in [0.05, 0.1) is 18.7 Å². The van der Waals surface area contributed by atoms with Gasteiger partial charge in [0.1, 0.15) is 0 Å². The summed E-state index contributed by atoms with van der Waals surface area (Å²) in [6.07, 6.45) is 8.17. The van der Waals surface area contributed by atoms with Gasteiger partial charge in [-0.2, -0.15) is 0 Å². The van der Waals surface area contributed by atoms with Crippen LogP contribution in [0.4, 0.5) is 0 Å². The van der Waals surface area contributed by atoms with Crippen LogP contribution in [0.25, 0.3) is 6.08 Å². The maximum Gasteiger partial charge on any atom is 0.0945 e. The van der Waals surface area contributed by atoms with Crippen molar-refractivity contribution in [1.82, 2.24) is 0 Å². The molecule has 0 aromatic heterocycles. The first-order chi connectivity index (χ1) is 10.9. The quantitative estimate of drug-likeness (QED) is 0.759. The molecule has 0 saturated carbocycles. The molecule has 2 N–H and O–H groups in total. The lowest BCUT2D eigenvalue weighted by Crippen LogP contribution is -2.84. The van der Waals surface area contributed by atoms with Crippen LogP contribution in [-0.2, 0) is 4.74 Å². The van der Waals surface area contributed by atoms with Crippen LogP contribution in [0.1, 0.15) is 52.5 Å². The van der Waals surface area contributed by atoms with Gasteiger partial charge in [-0.3, -0.25) is 0 Å². The smallest absolute Gasteiger partial charge is 0.0945 e. The van der Waals surface area contributed by atoms with Crippen molar-refractivity contribution in [1.29, 1.82) is 0 Å². The third-order valence-corrected chi connectivity index (χ3v) is 5.35. The lowest BCUT2D eigenvalue weighted by Gasteiger charge is -2.47. The lowest BCUT2D eigenvalue weighted by atomic mass is 9.65. The fourth-order valence-electron chi connectivity index (χ4n) is 3.88. The molecule has 1 atom stereocenters. The second kappa shape index (κ2) is 8.12. The standard InChI is InChI=1S/C21H33NO/c1-18(2)21(13-16-23-20(3,4)17-21)12-15-22-14-8-11-19-9-6-5-7-10-19/h5-11,18,22H,12-17H2,1-4H3/p+1/b11-8+/t21-/m1/s1. The molecule has 0 aliphatic carbocycles. The lowest BCUT2D eigenvalue weighted by molar-refractivity contribution is -0.648. The van der Waals surface area contributed by atoms with Crippen molar-refractivity contribution < 1.29 is 10.1 Å². The molecule has 0 radical (unpaired) electrons. The number of hydrogen-bond donors (Lipinski definition) is 1. The fourth-order valence-corrected chi connectivity index (χ4v) is 3.88. The second-order valence-corrected chi connectivity index (χ2v) is 7.93. The summed E-state index contributed by atoms with van der Waals surface area (Å²) < 4.78 is 5.94. The zero-order chi connectivity index (χ0) is 16.8. The van der Waals surface area contributed by atoms with E-state index in [1.54, 1.807) is 0 Å². The predicted molar refractivity (Wildman–Crippen MR) is 98.3 cm³/mol. The molecule has 0 unspecified atom stereocenters. The van der Waals surface area contributed by atoms with Crippen molar-refractivity contribution in [2.45, 2.75) is 52.6 Å². The summed E-state index contributed by atoms with van der Waals surface area (Å²) in [7, 11) is 0. The van der Waals surface area contributed by atoms with Crippen molar-refractivity contribution in [2.75, 3.05) is 19.7 Å². The summed E-state index contributed by atoms with van der Waals surface area (Å²) in [5.41, 5.74) is 1.77. The maximum atomic E-state index is 5.94. The van der Waals surface area contributed by atoms with E-state index in [4.69, 9.17) is 4.74 Å². The van der Waals surface area contributed by atoms with Crippen LogP contribution >= 0.6 is 0 Å². The van der Waals surface area contributed by atoms with E-state index in [-0.39, 0.29) is 5.60 Å². The summed E-state index contributed by atoms with van der Waals surface area (Å²) in [5, 5.41) is 2.44. The third kappa shape index (κ3) is 5.47. The molecule has 0 bridgehead atoms. The topological polar surface area (TPSA) is 25.8 Å². The number of nitrogens with two attached hydrogens (primary N) is 1. The number of ether oxygens (including phenoxy) is 1. The molecule has 1 fully saturated rings. The molecule has 1 aromatic carbocycles. The van der Waals surface area contributed by atoms with Gasteiger partial charge >= 0.3 is 0 Å². The molecule has 1 aliphatic rings. The van der Waals surface area contributed by atoms with E-state index in [9.17, 15) is 0 Å². The van der Waals surface area contributed by atoms with Crippen LogP contribution in [-0.4, -0.2) is 25.3 Å². The Balaban J connectivity index is 1.78. The first-order valence-electron chi connectivity index (χ1n) is 9.11. The van der Waals surface area contributed by atoms with E-state index in [0.29, 0.717) is 5.41 Å². The Bertz CT molecular complexity index is 492. The van der Waals surface area contributed by atoms with Gasteiger partial charge < -0.3 is 10.1 Å². The molecule has 2 rings (SSSR count). The number of rotatable bonds is 7. The van der Waals surface area contributed by atoms with E-state index >= 15 is 0 Å². The summed E-state index contributed by atoms with van der Waals surface area (Å²) in [6, 6.07) is 10.5. The summed E-state index contributed by atoms with van der Waals surface area (Å²) in [5.74, 6) is 0.721. The van der Waals surface area contributed by atoms with Crippen LogP contribution in [0, 0.1) is 11.3 Å². The highest BCUT2D eigenvalue weighted by molar-refractivity contribution is 5.48. The van der Waals surface area contributed by atoms with Crippen LogP contribution in [0.2, 0.25) is 0 Å². The molecule has 2 heteroatoms. The van der Waals surface area contributed by atoms with E-state index in [1.165, 1.54) is 31.4 Å². The Kier molecular flexibility index (Phi) is 6.43. The van der Waals surface area contributed by atoms with Gasteiger partial charge in [-0.25, -0.2) is 0 Å². The number of hydrogen-bond acceptors (Lipinski definition) is 1. The zero-order valence-corrected chi connectivity index (χ0v) is 15.3. The first-order valence-corrected chi connectivity index (χ1v) is 9.11. The van der Waals surface area contributed by atoms with Crippen LogP contribution in [0.3, 0.4) is 0 Å². The van der Waals surface area contributed by atoms with Crippen LogP contribution in [0.5, 0.6) is 0 Å². The Morgan fingerprint density at radius 3 is 2.61 bits per heavy atom. The normalized spacial score (nSPS) is 24.4. The van der Waals surface area contributed by atoms with Gasteiger partial charge in [-0.05, 0) is 49.7 Å². The molecule has 0 amide bonds. The highest BCUT2D eigenvalue weighted by atomic mass is 16.5. The number of benzene rings is 1. The van der Waals surface area contributed by atoms with Gasteiger partial charge in [0.25, 0.3) is 0 Å². The molecule has 1 heterocycles. The van der Waals surface area contributed by atoms with Crippen LogP contribution in [0.15, 0.2) is 36.4 Å². The highest BCUT2D eigenvalue weighted by Crippen LogP contribution is 2.46. The monoisotopic (exact) mass is 316 g/mol. The average molecular weight is 317 g/mol. The van der Waals surface area contributed by atoms with E-state index in [1.807, 2.05) is 0 Å². The predicted octanol–water partition coefficient (Wildman–Crippen LogP) is 3.88. The molecule has 2 nitrogen and oxygen atoms in total. The molecule has 0 spiro atoms. The molecular weight excluding hydrogens is 282 g/mol. The van der Waals surface area contributed by atoms with Gasteiger partial charge in [0, 0.05) is 13.0 Å². The van der Waals surface area contributed by atoms with Crippen LogP contribution < -0.4 is 5.32 Å². The van der Waals surface area contributed by atoms with Gasteiger partial charge in [-0.1, -0.05) is 50.3 Å². The largest absolute Gasteiger partial charge is 0.376 e. The SMILES string of the molecule is CC(C)[C@]1(CC[NH2+]C/C=C/c2ccccc2)CCOC(C)(C)C1. The van der Waals surface area contributed by atoms with Gasteiger partial charge in [0.2, 0.25) is 0 Å². The van der Waals surface area contributed by atoms with Crippen molar-refractivity contribution in [3.05, 3.63) is 42.0 Å². The fraction of sp³-hybridized carbons (Fsp3) is 0.619. The highest BCUT2D eigenvalue weighted by Gasteiger charge is 2.42. The second-order valence-electron chi connectivity index (χ2n) is 7.93. The van der Waals surface area contributed by atoms with E-state index in [0.717, 1.165) is 19.1 Å². The van der Waals surface area contributed by atoms with Crippen molar-refractivity contribution in [3.63, 3.8) is 0 Å². The summed E-state index contributed by atoms with van der Waals surface area (Å²) in [4.78, 5) is 0. The van der Waals surface area contributed by atoms with E-state index in [2.05, 4.69) is 75.5 Å². The van der Waals surface area contributed by atoms with Crippen molar-refractivity contribution in [3.8, 4) is 0 Å². The molecular formula is C21H34NO+. The number of quaternary nitrogens is 1. The molecule has 1 aliphatic heterocycles. The Labute approximate surface area is 142 Å². The average Bonchev–Trinajstić information content (AvgIpc) is 2.50. The molecule has 1 saturated heterocycles. The maximum absolute atomic E-state index is 5.94. The minimum Gasteiger partial charge on any atom is -0.376 e. The summed E-state index contributed by atoms with van der Waals surface area (Å²) >= 11 is 0. The van der Waals surface area contributed by atoms with Crippen molar-refractivity contribution >= 4 is 6.08 Å². The molecule has 1 aromatic rings. The minimum absolute atomic E-state index is 0.0374. The summed E-state index contributed by atoms with van der Waals surface area (Å²) in [6.45, 7) is 12.4. The Hall–Kier alpha value is -1.12. The Morgan fingerprint density at radius 1 is 1.22 bits per heavy atom. The molecule has 23 heavy (non-hydrogen) atoms. The Morgan fingerprint density at radius 2 is 1.96 bits per heavy atom. The van der Waals surface area contributed by atoms with Gasteiger partial charge in [-0.15, -0.1) is 0 Å². The van der Waals surface area contributed by atoms with E-state index < -0.39 is 0 Å².